The maximum atomic E-state index is 12.1. The Morgan fingerprint density at radius 3 is 2.53 bits per heavy atom. The van der Waals surface area contributed by atoms with Gasteiger partial charge in [0.05, 0.1) is 0 Å². The molecule has 0 aromatic heterocycles. The summed E-state index contributed by atoms with van der Waals surface area (Å²) in [5.41, 5.74) is 0. The highest BCUT2D eigenvalue weighted by atomic mass is 32.2. The van der Waals surface area contributed by atoms with Crippen LogP contribution in [0.3, 0.4) is 0 Å². The van der Waals surface area contributed by atoms with Crippen LogP contribution in [0.5, 0.6) is 0 Å². The zero-order valence-electron chi connectivity index (χ0n) is 9.45. The normalized spacial score (nSPS) is 27.9. The Labute approximate surface area is 96.2 Å². The molecule has 2 heterocycles. The number of hydrogen-bond donors (Lipinski definition) is 0. The van der Waals surface area contributed by atoms with Crippen molar-refractivity contribution >= 4 is 17.8 Å². The highest BCUT2D eigenvalue weighted by molar-refractivity contribution is 7.99. The minimum absolute atomic E-state index is 0.279. The summed E-state index contributed by atoms with van der Waals surface area (Å²) in [6.45, 7) is 6.01. The minimum Gasteiger partial charge on any atom is -0.325 e. The van der Waals surface area contributed by atoms with Crippen molar-refractivity contribution in [1.82, 2.24) is 9.80 Å². The van der Waals surface area contributed by atoms with Crippen molar-refractivity contribution in [3.8, 4) is 0 Å². The molecule has 2 amide bonds. The maximum Gasteiger partial charge on any atom is 0.320 e. The van der Waals surface area contributed by atoms with Crippen LogP contribution in [-0.2, 0) is 0 Å². The van der Waals surface area contributed by atoms with Crippen LogP contribution < -0.4 is 0 Å². The minimum atomic E-state index is 0.279. The Kier molecular flexibility index (Phi) is 3.78. The van der Waals surface area contributed by atoms with Crippen LogP contribution in [0, 0.1) is 0 Å². The highest BCUT2D eigenvalue weighted by Gasteiger charge is 2.26. The molecule has 0 aliphatic carbocycles. The van der Waals surface area contributed by atoms with Gasteiger partial charge in [-0.3, -0.25) is 0 Å². The molecule has 0 N–H and O–H groups in total. The summed E-state index contributed by atoms with van der Waals surface area (Å²) < 4.78 is 0. The summed E-state index contributed by atoms with van der Waals surface area (Å²) in [5, 5.41) is 0.604. The SMILES string of the molecule is CC1CN(C(=O)N2CCCCC2)CCS1. The number of likely N-dealkylation sites (tertiary alicyclic amines) is 1. The molecule has 15 heavy (non-hydrogen) atoms. The van der Waals surface area contributed by atoms with Crippen molar-refractivity contribution in [2.24, 2.45) is 0 Å². The van der Waals surface area contributed by atoms with Crippen molar-refractivity contribution in [2.45, 2.75) is 31.4 Å². The second kappa shape index (κ2) is 5.10. The van der Waals surface area contributed by atoms with Gasteiger partial charge in [0.1, 0.15) is 0 Å². The summed E-state index contributed by atoms with van der Waals surface area (Å²) in [6, 6.07) is 0.279. The van der Waals surface area contributed by atoms with Crippen molar-refractivity contribution < 1.29 is 4.79 Å². The van der Waals surface area contributed by atoms with E-state index < -0.39 is 0 Å². The van der Waals surface area contributed by atoms with Gasteiger partial charge in [0.25, 0.3) is 0 Å². The summed E-state index contributed by atoms with van der Waals surface area (Å²) >= 11 is 1.97. The van der Waals surface area contributed by atoms with E-state index in [-0.39, 0.29) is 6.03 Å². The Morgan fingerprint density at radius 1 is 1.13 bits per heavy atom. The topological polar surface area (TPSA) is 23.6 Å². The molecule has 2 aliphatic rings. The third-order valence-corrected chi connectivity index (χ3v) is 4.27. The summed E-state index contributed by atoms with van der Waals surface area (Å²) in [6.07, 6.45) is 3.66. The molecular formula is C11H20N2OS. The van der Waals surface area contributed by atoms with E-state index in [0.717, 1.165) is 31.9 Å². The average Bonchev–Trinajstić information content (AvgIpc) is 2.29. The van der Waals surface area contributed by atoms with Gasteiger partial charge in [0, 0.05) is 37.2 Å². The summed E-state index contributed by atoms with van der Waals surface area (Å²) in [5.74, 6) is 1.10. The molecule has 0 bridgehead atoms. The number of carbonyl (C=O) groups excluding carboxylic acids is 1. The van der Waals surface area contributed by atoms with Gasteiger partial charge in [-0.1, -0.05) is 6.92 Å². The molecule has 2 fully saturated rings. The first-order valence-electron chi connectivity index (χ1n) is 5.93. The number of hydrogen-bond acceptors (Lipinski definition) is 2. The van der Waals surface area contributed by atoms with Crippen LogP contribution in [-0.4, -0.2) is 53.0 Å². The number of nitrogens with zero attached hydrogens (tertiary/aromatic N) is 2. The van der Waals surface area contributed by atoms with E-state index in [1.54, 1.807) is 0 Å². The zero-order valence-corrected chi connectivity index (χ0v) is 10.3. The van der Waals surface area contributed by atoms with Gasteiger partial charge in [-0.25, -0.2) is 4.79 Å². The van der Waals surface area contributed by atoms with Crippen LogP contribution in [0.1, 0.15) is 26.2 Å². The number of urea groups is 1. The monoisotopic (exact) mass is 228 g/mol. The quantitative estimate of drug-likeness (QED) is 0.633. The fraction of sp³-hybridized carbons (Fsp3) is 0.909. The standard InChI is InChI=1S/C11H20N2OS/c1-10-9-13(7-8-15-10)11(14)12-5-3-2-4-6-12/h10H,2-9H2,1H3. The molecule has 1 atom stereocenters. The van der Waals surface area contributed by atoms with Crippen molar-refractivity contribution in [2.75, 3.05) is 31.9 Å². The molecule has 3 nitrogen and oxygen atoms in total. The molecule has 4 heteroatoms. The molecule has 2 rings (SSSR count). The second-order valence-corrected chi connectivity index (χ2v) is 6.00. The van der Waals surface area contributed by atoms with E-state index in [9.17, 15) is 4.79 Å². The van der Waals surface area contributed by atoms with Crippen LogP contribution in [0.4, 0.5) is 4.79 Å². The Morgan fingerprint density at radius 2 is 1.87 bits per heavy atom. The molecule has 0 aromatic rings. The van der Waals surface area contributed by atoms with E-state index in [4.69, 9.17) is 0 Å². The molecule has 2 aliphatic heterocycles. The lowest BCUT2D eigenvalue weighted by Crippen LogP contribution is -2.49. The molecule has 1 unspecified atom stereocenters. The van der Waals surface area contributed by atoms with Gasteiger partial charge in [-0.05, 0) is 19.3 Å². The van der Waals surface area contributed by atoms with Gasteiger partial charge < -0.3 is 9.80 Å². The number of carbonyl (C=O) groups is 1. The summed E-state index contributed by atoms with van der Waals surface area (Å²) in [7, 11) is 0. The lowest BCUT2D eigenvalue weighted by molar-refractivity contribution is 0.145. The molecule has 0 radical (unpaired) electrons. The van der Waals surface area contributed by atoms with Gasteiger partial charge in [-0.15, -0.1) is 0 Å². The number of amides is 2. The zero-order chi connectivity index (χ0) is 10.7. The Bertz CT molecular complexity index is 229. The smallest absolute Gasteiger partial charge is 0.320 e. The lowest BCUT2D eigenvalue weighted by Gasteiger charge is -2.36. The first-order valence-corrected chi connectivity index (χ1v) is 6.97. The van der Waals surface area contributed by atoms with E-state index in [1.807, 2.05) is 21.6 Å². The predicted octanol–water partition coefficient (Wildman–Crippen LogP) is 2.03. The first-order chi connectivity index (χ1) is 7.27. The maximum absolute atomic E-state index is 12.1. The number of piperidine rings is 1. The molecule has 2 saturated heterocycles. The fourth-order valence-electron chi connectivity index (χ4n) is 2.28. The van der Waals surface area contributed by atoms with Crippen molar-refractivity contribution in [3.05, 3.63) is 0 Å². The van der Waals surface area contributed by atoms with Crippen molar-refractivity contribution in [3.63, 3.8) is 0 Å². The fourth-order valence-corrected chi connectivity index (χ4v) is 3.29. The highest BCUT2D eigenvalue weighted by Crippen LogP contribution is 2.20. The van der Waals surface area contributed by atoms with Crippen LogP contribution in [0.25, 0.3) is 0 Å². The van der Waals surface area contributed by atoms with Crippen LogP contribution in [0.2, 0.25) is 0 Å². The van der Waals surface area contributed by atoms with Gasteiger partial charge in [-0.2, -0.15) is 11.8 Å². The third kappa shape index (κ3) is 2.80. The second-order valence-electron chi connectivity index (χ2n) is 4.46. The number of thioether (sulfide) groups is 1. The summed E-state index contributed by atoms with van der Waals surface area (Å²) in [4.78, 5) is 16.2. The van der Waals surface area contributed by atoms with E-state index in [2.05, 4.69) is 6.92 Å². The van der Waals surface area contributed by atoms with Gasteiger partial charge in [0.15, 0.2) is 0 Å². The molecular weight excluding hydrogens is 208 g/mol. The van der Waals surface area contributed by atoms with E-state index in [1.165, 1.54) is 19.3 Å². The Balaban J connectivity index is 1.88. The average molecular weight is 228 g/mol. The largest absolute Gasteiger partial charge is 0.325 e. The van der Waals surface area contributed by atoms with Crippen LogP contribution >= 0.6 is 11.8 Å². The Hall–Kier alpha value is -0.380. The molecule has 86 valence electrons. The molecule has 0 aromatic carbocycles. The predicted molar refractivity (Wildman–Crippen MR) is 64.3 cm³/mol. The molecule has 0 saturated carbocycles. The van der Waals surface area contributed by atoms with Crippen LogP contribution in [0.15, 0.2) is 0 Å². The van der Waals surface area contributed by atoms with E-state index >= 15 is 0 Å². The van der Waals surface area contributed by atoms with Gasteiger partial charge in [0.2, 0.25) is 0 Å². The third-order valence-electron chi connectivity index (χ3n) is 3.14. The lowest BCUT2D eigenvalue weighted by atomic mass is 10.1. The van der Waals surface area contributed by atoms with Crippen molar-refractivity contribution in [1.29, 1.82) is 0 Å². The number of rotatable bonds is 0. The van der Waals surface area contributed by atoms with E-state index in [0.29, 0.717) is 5.25 Å². The van der Waals surface area contributed by atoms with Gasteiger partial charge >= 0.3 is 6.03 Å². The first kappa shape index (κ1) is 11.1. The molecule has 0 spiro atoms.